The van der Waals surface area contributed by atoms with Crippen molar-refractivity contribution in [1.29, 1.82) is 0 Å². The molecule has 1 aliphatic rings. The van der Waals surface area contributed by atoms with E-state index in [0.717, 1.165) is 18.5 Å². The van der Waals surface area contributed by atoms with Crippen molar-refractivity contribution in [1.82, 2.24) is 14.5 Å². The summed E-state index contributed by atoms with van der Waals surface area (Å²) >= 11 is 0. The smallest absolute Gasteiger partial charge is 0.259 e. The molecule has 1 aromatic carbocycles. The average Bonchev–Trinajstić information content (AvgIpc) is 2.76. The van der Waals surface area contributed by atoms with Gasteiger partial charge in [-0.25, -0.2) is 4.98 Å². The Morgan fingerprint density at radius 1 is 1.10 bits per heavy atom. The number of nitrogens with zero attached hydrogens (tertiary/aromatic N) is 3. The van der Waals surface area contributed by atoms with Crippen LogP contribution in [-0.4, -0.2) is 39.4 Å². The van der Waals surface area contributed by atoms with E-state index in [2.05, 4.69) is 17.2 Å². The molecule has 0 radical (unpaired) electrons. The summed E-state index contributed by atoms with van der Waals surface area (Å²) in [6.07, 6.45) is 3.34. The van der Waals surface area contributed by atoms with Crippen LogP contribution in [0, 0.1) is 12.8 Å². The van der Waals surface area contributed by atoms with Crippen LogP contribution >= 0.6 is 0 Å². The molecule has 1 fully saturated rings. The zero-order valence-electron chi connectivity index (χ0n) is 17.8. The summed E-state index contributed by atoms with van der Waals surface area (Å²) in [6, 6.07) is 12.6. The van der Waals surface area contributed by atoms with E-state index in [-0.39, 0.29) is 29.4 Å². The van der Waals surface area contributed by atoms with Crippen LogP contribution in [0.25, 0.3) is 11.0 Å². The summed E-state index contributed by atoms with van der Waals surface area (Å²) in [5, 5.41) is 3.18. The molecule has 4 rings (SSSR count). The highest BCUT2D eigenvalue weighted by molar-refractivity contribution is 5.97. The van der Waals surface area contributed by atoms with Gasteiger partial charge in [-0.05, 0) is 49.9 Å². The van der Waals surface area contributed by atoms with E-state index in [4.69, 9.17) is 0 Å². The third-order valence-electron chi connectivity index (χ3n) is 5.73. The molecule has 0 saturated carbocycles. The number of carbonyl (C=O) groups excluding carboxylic acids is 2. The van der Waals surface area contributed by atoms with Crippen molar-refractivity contribution in [2.24, 2.45) is 5.92 Å². The van der Waals surface area contributed by atoms with E-state index >= 15 is 0 Å². The molecule has 7 nitrogen and oxygen atoms in total. The van der Waals surface area contributed by atoms with E-state index in [1.807, 2.05) is 25.1 Å². The molecule has 7 heteroatoms. The van der Waals surface area contributed by atoms with Crippen LogP contribution in [0.15, 0.2) is 53.5 Å². The second-order valence-electron chi connectivity index (χ2n) is 8.21. The third kappa shape index (κ3) is 4.50. The van der Waals surface area contributed by atoms with Crippen LogP contribution in [0.1, 0.15) is 35.8 Å². The molecular formula is C24H26N4O3. The first-order valence-corrected chi connectivity index (χ1v) is 10.6. The zero-order valence-corrected chi connectivity index (χ0v) is 17.8. The van der Waals surface area contributed by atoms with Crippen molar-refractivity contribution in [2.45, 2.75) is 33.2 Å². The molecule has 3 heterocycles. The van der Waals surface area contributed by atoms with Gasteiger partial charge >= 0.3 is 0 Å². The van der Waals surface area contributed by atoms with Gasteiger partial charge < -0.3 is 14.8 Å². The number of piperidine rings is 1. The number of amides is 2. The molecule has 3 aromatic rings. The van der Waals surface area contributed by atoms with Crippen LogP contribution in [0.5, 0.6) is 0 Å². The molecular weight excluding hydrogens is 392 g/mol. The van der Waals surface area contributed by atoms with Crippen molar-refractivity contribution in [2.75, 3.05) is 18.4 Å². The van der Waals surface area contributed by atoms with Gasteiger partial charge in [0.2, 0.25) is 11.3 Å². The topological polar surface area (TPSA) is 84.3 Å². The van der Waals surface area contributed by atoms with Crippen LogP contribution < -0.4 is 10.7 Å². The Morgan fingerprint density at radius 3 is 2.52 bits per heavy atom. The van der Waals surface area contributed by atoms with E-state index < -0.39 is 0 Å². The number of likely N-dealkylation sites (tertiary alicyclic amines) is 1. The number of carbonyl (C=O) groups is 2. The molecule has 31 heavy (non-hydrogen) atoms. The molecule has 2 aromatic heterocycles. The van der Waals surface area contributed by atoms with Crippen molar-refractivity contribution in [3.05, 3.63) is 70.1 Å². The lowest BCUT2D eigenvalue weighted by atomic mass is 9.98. The second-order valence-corrected chi connectivity index (χ2v) is 8.21. The van der Waals surface area contributed by atoms with Crippen molar-refractivity contribution in [3.63, 3.8) is 0 Å². The number of anilines is 1. The first-order chi connectivity index (χ1) is 14.9. The number of aryl methyl sites for hydroxylation is 1. The van der Waals surface area contributed by atoms with Gasteiger partial charge in [0.15, 0.2) is 0 Å². The number of pyridine rings is 2. The lowest BCUT2D eigenvalue weighted by molar-refractivity contribution is -0.116. The number of aromatic nitrogens is 2. The molecule has 1 aliphatic heterocycles. The maximum absolute atomic E-state index is 13.2. The Hall–Kier alpha value is -3.48. The van der Waals surface area contributed by atoms with E-state index in [1.165, 1.54) is 6.20 Å². The summed E-state index contributed by atoms with van der Waals surface area (Å²) in [5.74, 6) is 0.0346. The molecule has 0 bridgehead atoms. The largest absolute Gasteiger partial charge is 0.338 e. The number of nitrogens with one attached hydrogen (secondary N) is 1. The lowest BCUT2D eigenvalue weighted by Gasteiger charge is -2.30. The summed E-state index contributed by atoms with van der Waals surface area (Å²) in [7, 11) is 0. The van der Waals surface area contributed by atoms with Crippen LogP contribution in [0.2, 0.25) is 0 Å². The Morgan fingerprint density at radius 2 is 1.81 bits per heavy atom. The van der Waals surface area contributed by atoms with Gasteiger partial charge in [-0.1, -0.05) is 25.1 Å². The number of fused-ring (bicyclic) bond motifs is 1. The Kier molecular flexibility index (Phi) is 5.84. The van der Waals surface area contributed by atoms with Crippen molar-refractivity contribution in [3.8, 4) is 0 Å². The SMILES string of the molecule is Cc1ccc2c(=O)c(C(=O)N3CCC(C)CC3)cn(CC(=O)Nc3ccccc3)c2n1. The molecule has 0 aliphatic carbocycles. The predicted octanol–water partition coefficient (Wildman–Crippen LogP) is 3.22. The molecule has 160 valence electrons. The Bertz CT molecular complexity index is 1180. The number of rotatable bonds is 4. The quantitative estimate of drug-likeness (QED) is 0.705. The van der Waals surface area contributed by atoms with Gasteiger partial charge in [-0.15, -0.1) is 0 Å². The maximum atomic E-state index is 13.2. The molecule has 0 spiro atoms. The van der Waals surface area contributed by atoms with Gasteiger partial charge in [0.25, 0.3) is 5.91 Å². The minimum atomic E-state index is -0.342. The Labute approximate surface area is 180 Å². The summed E-state index contributed by atoms with van der Waals surface area (Å²) in [4.78, 5) is 45.2. The molecule has 0 atom stereocenters. The summed E-state index contributed by atoms with van der Waals surface area (Å²) in [6.45, 7) is 5.21. The first kappa shape index (κ1) is 20.8. The van der Waals surface area contributed by atoms with Crippen LogP contribution in [0.3, 0.4) is 0 Å². The van der Waals surface area contributed by atoms with Gasteiger partial charge in [-0.3, -0.25) is 14.4 Å². The lowest BCUT2D eigenvalue weighted by Crippen LogP contribution is -2.40. The number of benzene rings is 1. The summed E-state index contributed by atoms with van der Waals surface area (Å²) in [5.41, 5.74) is 1.55. The average molecular weight is 418 g/mol. The fourth-order valence-corrected chi connectivity index (χ4v) is 3.89. The highest BCUT2D eigenvalue weighted by Gasteiger charge is 2.25. The molecule has 1 N–H and O–H groups in total. The minimum absolute atomic E-state index is 0.0561. The fraction of sp³-hybridized carbons (Fsp3) is 0.333. The maximum Gasteiger partial charge on any atom is 0.259 e. The predicted molar refractivity (Wildman–Crippen MR) is 120 cm³/mol. The molecule has 0 unspecified atom stereocenters. The molecule has 1 saturated heterocycles. The highest BCUT2D eigenvalue weighted by Crippen LogP contribution is 2.19. The third-order valence-corrected chi connectivity index (χ3v) is 5.73. The normalized spacial score (nSPS) is 14.6. The second kappa shape index (κ2) is 8.71. The fourth-order valence-electron chi connectivity index (χ4n) is 3.89. The van der Waals surface area contributed by atoms with Gasteiger partial charge in [0.05, 0.1) is 5.39 Å². The number of hydrogen-bond donors (Lipinski definition) is 1. The zero-order chi connectivity index (χ0) is 22.0. The highest BCUT2D eigenvalue weighted by atomic mass is 16.2. The van der Waals surface area contributed by atoms with Gasteiger partial charge in [-0.2, -0.15) is 0 Å². The van der Waals surface area contributed by atoms with E-state index in [1.54, 1.807) is 33.7 Å². The van der Waals surface area contributed by atoms with Crippen molar-refractivity contribution >= 4 is 28.5 Å². The number of para-hydroxylation sites is 1. The van der Waals surface area contributed by atoms with E-state index in [9.17, 15) is 14.4 Å². The van der Waals surface area contributed by atoms with E-state index in [0.29, 0.717) is 35.7 Å². The van der Waals surface area contributed by atoms with Gasteiger partial charge in [0.1, 0.15) is 17.8 Å². The van der Waals surface area contributed by atoms with Gasteiger partial charge in [0, 0.05) is 30.7 Å². The van der Waals surface area contributed by atoms with Crippen LogP contribution in [-0.2, 0) is 11.3 Å². The summed E-state index contributed by atoms with van der Waals surface area (Å²) < 4.78 is 1.60. The minimum Gasteiger partial charge on any atom is -0.338 e. The monoisotopic (exact) mass is 418 g/mol. The number of hydrogen-bond acceptors (Lipinski definition) is 4. The first-order valence-electron chi connectivity index (χ1n) is 10.6. The Balaban J connectivity index is 1.70. The standard InChI is InChI=1S/C24H26N4O3/c1-16-10-12-27(13-11-16)24(31)20-14-28(15-21(29)26-18-6-4-3-5-7-18)23-19(22(20)30)9-8-17(2)25-23/h3-9,14,16H,10-13,15H2,1-2H3,(H,26,29). The van der Waals surface area contributed by atoms with Crippen LogP contribution in [0.4, 0.5) is 5.69 Å². The van der Waals surface area contributed by atoms with Crippen molar-refractivity contribution < 1.29 is 9.59 Å². The molecule has 2 amide bonds.